The smallest absolute Gasteiger partial charge is 0.407 e. The molecule has 0 saturated carbocycles. The molecule has 0 aromatic heterocycles. The fourth-order valence-electron chi connectivity index (χ4n) is 2.24. The first-order valence-corrected chi connectivity index (χ1v) is 12.7. The summed E-state index contributed by atoms with van der Waals surface area (Å²) in [4.78, 5) is 0.722. The molecule has 2 aromatic carbocycles. The van der Waals surface area contributed by atoms with E-state index in [0.717, 1.165) is 22.1 Å². The molecule has 0 heterocycles. The van der Waals surface area contributed by atoms with Gasteiger partial charge in [-0.1, -0.05) is 59.8 Å². The zero-order valence-electron chi connectivity index (χ0n) is 14.7. The van der Waals surface area contributed by atoms with Crippen LogP contribution in [0.15, 0.2) is 70.5 Å². The largest absolute Gasteiger partial charge is 0.415 e. The van der Waals surface area contributed by atoms with Crippen molar-refractivity contribution in [2.45, 2.75) is 36.8 Å². The summed E-state index contributed by atoms with van der Waals surface area (Å²) < 4.78 is 47.6. The Hall–Kier alpha value is -1.21. The minimum absolute atomic E-state index is 0.260. The molecule has 2 rings (SSSR count). The first-order valence-electron chi connectivity index (χ1n) is 7.99. The van der Waals surface area contributed by atoms with Crippen LogP contribution in [0.5, 0.6) is 0 Å². The van der Waals surface area contributed by atoms with Crippen molar-refractivity contribution in [3.05, 3.63) is 76.2 Å². The highest BCUT2D eigenvalue weighted by molar-refractivity contribution is 8.02. The van der Waals surface area contributed by atoms with E-state index in [9.17, 15) is 13.2 Å². The molecular weight excluding hydrogens is 397 g/mol. The van der Waals surface area contributed by atoms with Crippen molar-refractivity contribution in [2.24, 2.45) is 0 Å². The lowest BCUT2D eigenvalue weighted by atomic mass is 10.0. The van der Waals surface area contributed by atoms with E-state index in [1.165, 1.54) is 0 Å². The molecule has 0 N–H and O–H groups in total. The van der Waals surface area contributed by atoms with Gasteiger partial charge in [-0.15, -0.1) is 0 Å². The van der Waals surface area contributed by atoms with Crippen LogP contribution in [0.3, 0.4) is 0 Å². The molecule has 0 aliphatic rings. The number of thioether (sulfide) groups is 1. The van der Waals surface area contributed by atoms with E-state index in [0.29, 0.717) is 5.56 Å². The third-order valence-corrected chi connectivity index (χ3v) is 5.54. The van der Waals surface area contributed by atoms with E-state index >= 15 is 0 Å². The van der Waals surface area contributed by atoms with Crippen molar-refractivity contribution in [3.63, 3.8) is 0 Å². The number of halogens is 4. The molecule has 2 aromatic rings. The molecule has 0 saturated heterocycles. The highest BCUT2D eigenvalue weighted by Gasteiger charge is 2.42. The molecular formula is C19H20ClF3OSSi. The molecule has 1 unspecified atom stereocenters. The Kier molecular flexibility index (Phi) is 7.02. The van der Waals surface area contributed by atoms with Gasteiger partial charge in [-0.3, -0.25) is 0 Å². The van der Waals surface area contributed by atoms with Gasteiger partial charge in [0.2, 0.25) is 0 Å². The van der Waals surface area contributed by atoms with Gasteiger partial charge in [0.1, 0.15) is 6.10 Å². The maximum absolute atomic E-state index is 13.9. The van der Waals surface area contributed by atoms with E-state index in [1.54, 1.807) is 48.5 Å². The predicted molar refractivity (Wildman–Crippen MR) is 105 cm³/mol. The van der Waals surface area contributed by atoms with Crippen LogP contribution in [0.1, 0.15) is 11.7 Å². The molecule has 0 bridgehead atoms. The standard InChI is InChI=1S/C19H20ClF3OSSi/c1-26(2,3)24-18(15-11-7-8-12-17(15)20)16(19(21,22)23)13-25-14-9-5-4-6-10-14/h4-13,18H,1-3H3/b16-13+. The Morgan fingerprint density at radius 1 is 1.04 bits per heavy atom. The van der Waals surface area contributed by atoms with Gasteiger partial charge in [0.25, 0.3) is 0 Å². The van der Waals surface area contributed by atoms with E-state index in [-0.39, 0.29) is 5.02 Å². The SMILES string of the molecule is C[Si](C)(C)OC(/C(=C\Sc1ccccc1)C(F)(F)F)c1ccccc1Cl. The van der Waals surface area contributed by atoms with Gasteiger partial charge in [0.05, 0.1) is 5.57 Å². The Morgan fingerprint density at radius 3 is 2.15 bits per heavy atom. The van der Waals surface area contributed by atoms with Crippen LogP contribution < -0.4 is 0 Å². The van der Waals surface area contributed by atoms with Crippen LogP contribution >= 0.6 is 23.4 Å². The monoisotopic (exact) mass is 416 g/mol. The van der Waals surface area contributed by atoms with Crippen LogP contribution in [0, 0.1) is 0 Å². The highest BCUT2D eigenvalue weighted by Crippen LogP contribution is 2.43. The van der Waals surface area contributed by atoms with Gasteiger partial charge in [-0.05, 0) is 43.2 Å². The number of hydrogen-bond acceptors (Lipinski definition) is 2. The molecule has 1 nitrogen and oxygen atoms in total. The molecule has 7 heteroatoms. The van der Waals surface area contributed by atoms with Gasteiger partial charge in [0, 0.05) is 15.5 Å². The van der Waals surface area contributed by atoms with Crippen LogP contribution in [0.25, 0.3) is 0 Å². The normalized spacial score (nSPS) is 14.3. The van der Waals surface area contributed by atoms with Crippen LogP contribution in [0.4, 0.5) is 13.2 Å². The quantitative estimate of drug-likeness (QED) is 0.356. The molecule has 0 fully saturated rings. The molecule has 0 aliphatic carbocycles. The van der Waals surface area contributed by atoms with Crippen molar-refractivity contribution >= 4 is 31.7 Å². The van der Waals surface area contributed by atoms with E-state index in [1.807, 2.05) is 25.7 Å². The summed E-state index contributed by atoms with van der Waals surface area (Å²) in [5.74, 6) is 0. The second-order valence-electron chi connectivity index (χ2n) is 6.63. The second kappa shape index (κ2) is 8.65. The van der Waals surface area contributed by atoms with Crippen LogP contribution in [-0.4, -0.2) is 14.5 Å². The lowest BCUT2D eigenvalue weighted by Crippen LogP contribution is -2.32. The average molecular weight is 417 g/mol. The first-order chi connectivity index (χ1) is 12.1. The molecule has 26 heavy (non-hydrogen) atoms. The summed E-state index contributed by atoms with van der Waals surface area (Å²) in [5.41, 5.74) is -0.421. The number of hydrogen-bond donors (Lipinski definition) is 0. The van der Waals surface area contributed by atoms with Gasteiger partial charge < -0.3 is 4.43 Å². The highest BCUT2D eigenvalue weighted by atomic mass is 35.5. The molecule has 1 atom stereocenters. The van der Waals surface area contributed by atoms with Crippen molar-refractivity contribution in [1.29, 1.82) is 0 Å². The lowest BCUT2D eigenvalue weighted by molar-refractivity contribution is -0.104. The van der Waals surface area contributed by atoms with Crippen molar-refractivity contribution in [2.75, 3.05) is 0 Å². The van der Waals surface area contributed by atoms with Crippen molar-refractivity contribution < 1.29 is 17.6 Å². The van der Waals surface area contributed by atoms with Gasteiger partial charge in [0.15, 0.2) is 8.32 Å². The Bertz CT molecular complexity index is 757. The number of alkyl halides is 3. The number of benzene rings is 2. The molecule has 140 valence electrons. The zero-order valence-corrected chi connectivity index (χ0v) is 17.3. The maximum atomic E-state index is 13.9. The van der Waals surface area contributed by atoms with Gasteiger partial charge >= 0.3 is 6.18 Å². The fraction of sp³-hybridized carbons (Fsp3) is 0.263. The van der Waals surface area contributed by atoms with Gasteiger partial charge in [-0.25, -0.2) is 0 Å². The minimum atomic E-state index is -4.54. The summed E-state index contributed by atoms with van der Waals surface area (Å²) >= 11 is 7.21. The summed E-state index contributed by atoms with van der Waals surface area (Å²) in [6.45, 7) is 5.57. The van der Waals surface area contributed by atoms with Crippen LogP contribution in [-0.2, 0) is 4.43 Å². The van der Waals surface area contributed by atoms with Crippen molar-refractivity contribution in [1.82, 2.24) is 0 Å². The summed E-state index contributed by atoms with van der Waals surface area (Å²) in [7, 11) is -2.28. The summed E-state index contributed by atoms with van der Waals surface area (Å²) in [5, 5.41) is 1.39. The third kappa shape index (κ3) is 6.19. The minimum Gasteiger partial charge on any atom is -0.407 e. The van der Waals surface area contributed by atoms with Crippen LogP contribution in [0.2, 0.25) is 24.7 Å². The molecule has 0 spiro atoms. The zero-order chi connectivity index (χ0) is 19.4. The fourth-order valence-corrected chi connectivity index (χ4v) is 4.27. The Morgan fingerprint density at radius 2 is 1.62 bits per heavy atom. The first kappa shape index (κ1) is 21.1. The summed E-state index contributed by atoms with van der Waals surface area (Å²) in [6.07, 6.45) is -5.79. The molecule has 0 amide bonds. The Labute approximate surface area is 162 Å². The summed E-state index contributed by atoms with van der Waals surface area (Å²) in [6, 6.07) is 15.4. The molecule has 0 radical (unpaired) electrons. The van der Waals surface area contributed by atoms with E-state index in [4.69, 9.17) is 16.0 Å². The van der Waals surface area contributed by atoms with E-state index < -0.39 is 26.2 Å². The van der Waals surface area contributed by atoms with Gasteiger partial charge in [-0.2, -0.15) is 13.2 Å². The second-order valence-corrected chi connectivity index (χ2v) is 12.4. The Balaban J connectivity index is 2.50. The van der Waals surface area contributed by atoms with Crippen molar-refractivity contribution in [3.8, 4) is 0 Å². The third-order valence-electron chi connectivity index (χ3n) is 3.33. The number of rotatable bonds is 6. The maximum Gasteiger partial charge on any atom is 0.415 e. The average Bonchev–Trinajstić information content (AvgIpc) is 2.53. The molecule has 0 aliphatic heterocycles. The predicted octanol–water partition coefficient (Wildman–Crippen LogP) is 7.47. The van der Waals surface area contributed by atoms with E-state index in [2.05, 4.69) is 0 Å². The lowest BCUT2D eigenvalue weighted by Gasteiger charge is -2.30. The topological polar surface area (TPSA) is 9.23 Å².